The molecule has 1 rings (SSSR count). The first-order valence-electron chi connectivity index (χ1n) is 6.01. The first kappa shape index (κ1) is 15.6. The number of carbonyl (C=O) groups is 2. The molecule has 0 saturated carbocycles. The zero-order chi connectivity index (χ0) is 14.4. The Balaban J connectivity index is 2.66. The predicted octanol–water partition coefficient (Wildman–Crippen LogP) is 1.15. The minimum Gasteiger partial charge on any atom is -0.480 e. The molecule has 0 radical (unpaired) electrons. The predicted molar refractivity (Wildman–Crippen MR) is 74.4 cm³/mol. The number of aromatic nitrogens is 2. The molecule has 1 heterocycles. The Labute approximate surface area is 116 Å². The minimum atomic E-state index is -1.04. The highest BCUT2D eigenvalue weighted by Crippen LogP contribution is 2.07. The third kappa shape index (κ3) is 4.94. The summed E-state index contributed by atoms with van der Waals surface area (Å²) in [6, 6.07) is 0.764. The Morgan fingerprint density at radius 3 is 2.74 bits per heavy atom. The molecule has 0 fully saturated rings. The molecule has 0 saturated heterocycles. The summed E-state index contributed by atoms with van der Waals surface area (Å²) in [6.07, 6.45) is 2.59. The quantitative estimate of drug-likeness (QED) is 0.698. The van der Waals surface area contributed by atoms with Crippen LogP contribution in [0.1, 0.15) is 30.0 Å². The average Bonchev–Trinajstić information content (AvgIpc) is 2.75. The number of carboxylic acid groups (broad SMARTS) is 1. The number of hydrogen-bond donors (Lipinski definition) is 3. The maximum absolute atomic E-state index is 11.9. The molecule has 0 aliphatic heterocycles. The summed E-state index contributed by atoms with van der Waals surface area (Å²) in [5.41, 5.74) is 1.10. The number of H-pyrrole nitrogens is 1. The Kier molecular flexibility index (Phi) is 5.88. The van der Waals surface area contributed by atoms with E-state index in [9.17, 15) is 9.59 Å². The molecule has 0 aliphatic carbocycles. The highest BCUT2D eigenvalue weighted by molar-refractivity contribution is 7.98. The molecule has 19 heavy (non-hydrogen) atoms. The van der Waals surface area contributed by atoms with Gasteiger partial charge in [0.15, 0.2) is 0 Å². The first-order chi connectivity index (χ1) is 8.93. The van der Waals surface area contributed by atoms with Crippen molar-refractivity contribution < 1.29 is 14.7 Å². The lowest BCUT2D eigenvalue weighted by Crippen LogP contribution is -2.42. The lowest BCUT2D eigenvalue weighted by Gasteiger charge is -2.11. The molecule has 106 valence electrons. The summed E-state index contributed by atoms with van der Waals surface area (Å²) in [6.45, 7) is 4.14. The highest BCUT2D eigenvalue weighted by Gasteiger charge is 2.21. The summed E-state index contributed by atoms with van der Waals surface area (Å²) in [4.78, 5) is 22.8. The van der Waals surface area contributed by atoms with Gasteiger partial charge in [-0.25, -0.2) is 4.79 Å². The van der Waals surface area contributed by atoms with E-state index in [2.05, 4.69) is 29.4 Å². The van der Waals surface area contributed by atoms with E-state index in [1.54, 1.807) is 12.3 Å². The van der Waals surface area contributed by atoms with Crippen LogP contribution in [0.5, 0.6) is 0 Å². The van der Waals surface area contributed by atoms with E-state index in [0.29, 0.717) is 11.7 Å². The summed E-state index contributed by atoms with van der Waals surface area (Å²) >= 11 is 1.37. The van der Waals surface area contributed by atoms with Gasteiger partial charge in [-0.2, -0.15) is 16.9 Å². The molecule has 1 aromatic rings. The molecule has 0 unspecified atom stereocenters. The fourth-order valence-electron chi connectivity index (χ4n) is 1.60. The van der Waals surface area contributed by atoms with Crippen LogP contribution in [-0.2, 0) is 11.2 Å². The molecular weight excluding hydrogens is 266 g/mol. The number of carboxylic acids is 1. The molecule has 1 atom stereocenters. The van der Waals surface area contributed by atoms with Gasteiger partial charge < -0.3 is 10.4 Å². The third-order valence-corrected chi connectivity index (χ3v) is 3.10. The van der Waals surface area contributed by atoms with E-state index in [4.69, 9.17) is 5.11 Å². The van der Waals surface area contributed by atoms with Crippen molar-refractivity contribution in [2.75, 3.05) is 12.0 Å². The van der Waals surface area contributed by atoms with E-state index in [1.807, 2.05) is 0 Å². The van der Waals surface area contributed by atoms with Crippen molar-refractivity contribution in [1.29, 1.82) is 0 Å². The molecule has 0 aliphatic rings. The first-order valence-corrected chi connectivity index (χ1v) is 7.40. The van der Waals surface area contributed by atoms with E-state index in [0.717, 1.165) is 12.1 Å². The molecular formula is C12H19N3O3S. The van der Waals surface area contributed by atoms with Crippen molar-refractivity contribution in [2.24, 2.45) is 5.92 Å². The number of nitrogens with zero attached hydrogens (tertiary/aromatic N) is 1. The maximum atomic E-state index is 11.9. The van der Waals surface area contributed by atoms with Gasteiger partial charge in [0.25, 0.3) is 5.91 Å². The summed E-state index contributed by atoms with van der Waals surface area (Å²) in [5.74, 6) is -0.724. The lowest BCUT2D eigenvalue weighted by molar-refractivity contribution is -0.138. The fraction of sp³-hybridized carbons (Fsp3) is 0.583. The van der Waals surface area contributed by atoms with Crippen molar-refractivity contribution in [3.05, 3.63) is 17.5 Å². The van der Waals surface area contributed by atoms with Crippen LogP contribution in [0.4, 0.5) is 0 Å². The van der Waals surface area contributed by atoms with Crippen LogP contribution in [-0.4, -0.2) is 45.2 Å². The van der Waals surface area contributed by atoms with E-state index in [1.165, 1.54) is 11.8 Å². The van der Waals surface area contributed by atoms with E-state index < -0.39 is 17.9 Å². The normalized spacial score (nSPS) is 12.4. The number of rotatable bonds is 7. The topological polar surface area (TPSA) is 95.1 Å². The van der Waals surface area contributed by atoms with Crippen LogP contribution in [0.2, 0.25) is 0 Å². The molecule has 0 spiro atoms. The molecule has 6 nitrogen and oxygen atoms in total. The van der Waals surface area contributed by atoms with Crippen molar-refractivity contribution in [3.8, 4) is 0 Å². The zero-order valence-corrected chi connectivity index (χ0v) is 12.1. The van der Waals surface area contributed by atoms with Crippen LogP contribution in [0, 0.1) is 5.92 Å². The number of aliphatic carboxylic acids is 1. The number of thioether (sulfide) groups is 1. The van der Waals surface area contributed by atoms with Gasteiger partial charge in [0.2, 0.25) is 0 Å². The molecule has 1 aromatic heterocycles. The van der Waals surface area contributed by atoms with Gasteiger partial charge in [0.1, 0.15) is 11.7 Å². The monoisotopic (exact) mass is 285 g/mol. The number of amides is 1. The van der Waals surface area contributed by atoms with Gasteiger partial charge >= 0.3 is 5.97 Å². The van der Waals surface area contributed by atoms with Crippen molar-refractivity contribution in [3.63, 3.8) is 0 Å². The number of carbonyl (C=O) groups excluding carboxylic acids is 1. The van der Waals surface area contributed by atoms with E-state index >= 15 is 0 Å². The standard InChI is InChI=1S/C12H19N3O3S/c1-7(2)4-8-5-9(15-14-8)11(16)13-10(6-19-3)12(17)18/h5,7,10H,4,6H2,1-3H3,(H,13,16)(H,14,15)(H,17,18)/t10-/m0/s1. The van der Waals surface area contributed by atoms with Gasteiger partial charge in [0.05, 0.1) is 0 Å². The van der Waals surface area contributed by atoms with Crippen LogP contribution in [0.15, 0.2) is 6.07 Å². The summed E-state index contributed by atoms with van der Waals surface area (Å²) < 4.78 is 0. The average molecular weight is 285 g/mol. The maximum Gasteiger partial charge on any atom is 0.327 e. The van der Waals surface area contributed by atoms with Gasteiger partial charge in [-0.3, -0.25) is 9.89 Å². The SMILES string of the molecule is CSC[C@H](NC(=O)c1cc(CC(C)C)[nH]n1)C(=O)O. The molecule has 0 bridgehead atoms. The fourth-order valence-corrected chi connectivity index (χ4v) is 2.16. The van der Waals surface area contributed by atoms with Crippen molar-refractivity contribution in [1.82, 2.24) is 15.5 Å². The Hall–Kier alpha value is -1.50. The van der Waals surface area contributed by atoms with E-state index in [-0.39, 0.29) is 5.69 Å². The van der Waals surface area contributed by atoms with Gasteiger partial charge in [0, 0.05) is 11.4 Å². The smallest absolute Gasteiger partial charge is 0.327 e. The third-order valence-electron chi connectivity index (χ3n) is 2.43. The Morgan fingerprint density at radius 1 is 1.53 bits per heavy atom. The number of aromatic amines is 1. The largest absolute Gasteiger partial charge is 0.480 e. The van der Waals surface area contributed by atoms with Gasteiger partial charge in [-0.1, -0.05) is 13.8 Å². The van der Waals surface area contributed by atoms with Gasteiger partial charge in [-0.15, -0.1) is 0 Å². The number of hydrogen-bond acceptors (Lipinski definition) is 4. The second kappa shape index (κ2) is 7.18. The van der Waals surface area contributed by atoms with Crippen molar-refractivity contribution in [2.45, 2.75) is 26.3 Å². The molecule has 3 N–H and O–H groups in total. The Bertz CT molecular complexity index is 445. The highest BCUT2D eigenvalue weighted by atomic mass is 32.2. The molecule has 7 heteroatoms. The minimum absolute atomic E-state index is 0.225. The van der Waals surface area contributed by atoms with Crippen LogP contribution in [0.25, 0.3) is 0 Å². The van der Waals surface area contributed by atoms with Crippen LogP contribution >= 0.6 is 11.8 Å². The Morgan fingerprint density at radius 2 is 2.21 bits per heavy atom. The summed E-state index contributed by atoms with van der Waals surface area (Å²) in [5, 5.41) is 18.1. The number of nitrogens with one attached hydrogen (secondary N) is 2. The van der Waals surface area contributed by atoms with Gasteiger partial charge in [-0.05, 0) is 24.7 Å². The van der Waals surface area contributed by atoms with Crippen molar-refractivity contribution >= 4 is 23.6 Å². The van der Waals surface area contributed by atoms with Crippen LogP contribution < -0.4 is 5.32 Å². The summed E-state index contributed by atoms with van der Waals surface area (Å²) in [7, 11) is 0. The zero-order valence-electron chi connectivity index (χ0n) is 11.3. The second-order valence-electron chi connectivity index (χ2n) is 4.70. The van der Waals surface area contributed by atoms with Crippen LogP contribution in [0.3, 0.4) is 0 Å². The molecule has 0 aromatic carbocycles. The molecule has 1 amide bonds. The second-order valence-corrected chi connectivity index (χ2v) is 5.61. The lowest BCUT2D eigenvalue weighted by atomic mass is 10.1.